The number of benzene rings is 1. The number of likely N-dealkylation sites (tertiary alicyclic amines) is 1. The summed E-state index contributed by atoms with van der Waals surface area (Å²) in [5, 5.41) is 0. The number of piperidine rings is 1. The summed E-state index contributed by atoms with van der Waals surface area (Å²) in [7, 11) is 0. The molecule has 4 aliphatic rings. The van der Waals surface area contributed by atoms with Crippen LogP contribution in [0.3, 0.4) is 0 Å². The minimum absolute atomic E-state index is 0.0927. The van der Waals surface area contributed by atoms with Gasteiger partial charge >= 0.3 is 0 Å². The van der Waals surface area contributed by atoms with Crippen LogP contribution in [0.5, 0.6) is 0 Å². The second-order valence-corrected chi connectivity index (χ2v) is 8.19. The van der Waals surface area contributed by atoms with Gasteiger partial charge in [-0.15, -0.1) is 0 Å². The number of hydrogen-bond donors (Lipinski definition) is 0. The van der Waals surface area contributed by atoms with Gasteiger partial charge in [-0.25, -0.2) is 0 Å². The van der Waals surface area contributed by atoms with Crippen molar-refractivity contribution in [2.75, 3.05) is 11.4 Å². The zero-order valence-corrected chi connectivity index (χ0v) is 13.1. The molecule has 4 nitrogen and oxygen atoms in total. The van der Waals surface area contributed by atoms with Crippen molar-refractivity contribution in [3.8, 4) is 0 Å². The van der Waals surface area contributed by atoms with Crippen molar-refractivity contribution in [2.24, 2.45) is 5.92 Å². The molecule has 0 spiro atoms. The molecule has 22 heavy (non-hydrogen) atoms. The van der Waals surface area contributed by atoms with Crippen LogP contribution in [0.4, 0.5) is 5.69 Å². The average molecular weight is 314 g/mol. The molecule has 2 amide bonds. The van der Waals surface area contributed by atoms with Gasteiger partial charge in [-0.3, -0.25) is 14.5 Å². The molecule has 1 aliphatic carbocycles. The van der Waals surface area contributed by atoms with Crippen LogP contribution in [0.25, 0.3) is 0 Å². The first kappa shape index (κ1) is 13.0. The number of anilines is 1. The van der Waals surface area contributed by atoms with E-state index in [4.69, 9.17) is 0 Å². The molecule has 3 atom stereocenters. The molecule has 0 radical (unpaired) electrons. The summed E-state index contributed by atoms with van der Waals surface area (Å²) in [6.45, 7) is 0.893. The Morgan fingerprint density at radius 2 is 2.14 bits per heavy atom. The highest BCUT2D eigenvalue weighted by Crippen LogP contribution is 2.57. The molecule has 2 bridgehead atoms. The van der Waals surface area contributed by atoms with E-state index in [1.54, 1.807) is 16.7 Å². The predicted octanol–water partition coefficient (Wildman–Crippen LogP) is 2.63. The van der Waals surface area contributed by atoms with E-state index in [0.717, 1.165) is 30.0 Å². The number of carbonyl (C=O) groups is 2. The van der Waals surface area contributed by atoms with Gasteiger partial charge in [0.25, 0.3) is 5.91 Å². The molecule has 3 heterocycles. The van der Waals surface area contributed by atoms with Crippen molar-refractivity contribution >= 4 is 29.3 Å². The average Bonchev–Trinajstić information content (AvgIpc) is 3.27. The highest BCUT2D eigenvalue weighted by atomic mass is 32.2. The van der Waals surface area contributed by atoms with E-state index in [-0.39, 0.29) is 11.8 Å². The maximum atomic E-state index is 13.4. The van der Waals surface area contributed by atoms with E-state index in [1.807, 2.05) is 24.3 Å². The van der Waals surface area contributed by atoms with Gasteiger partial charge in [-0.1, -0.05) is 23.9 Å². The summed E-state index contributed by atoms with van der Waals surface area (Å²) in [5.41, 5.74) is 0.924. The Labute approximate surface area is 133 Å². The quantitative estimate of drug-likeness (QED) is 0.800. The Kier molecular flexibility index (Phi) is 2.53. The van der Waals surface area contributed by atoms with Crippen LogP contribution >= 0.6 is 11.8 Å². The summed E-state index contributed by atoms with van der Waals surface area (Å²) in [6.07, 6.45) is 4.68. The number of hydrogen-bond acceptors (Lipinski definition) is 3. The molecule has 0 N–H and O–H groups in total. The van der Waals surface area contributed by atoms with Gasteiger partial charge in [0.2, 0.25) is 5.91 Å². The first-order valence-corrected chi connectivity index (χ1v) is 8.93. The molecule has 1 saturated carbocycles. The van der Waals surface area contributed by atoms with E-state index >= 15 is 0 Å². The van der Waals surface area contributed by atoms with E-state index < -0.39 is 4.87 Å². The highest BCUT2D eigenvalue weighted by Gasteiger charge is 2.60. The van der Waals surface area contributed by atoms with Crippen LogP contribution in [0.2, 0.25) is 0 Å². The fourth-order valence-electron chi connectivity index (χ4n) is 4.68. The van der Waals surface area contributed by atoms with Crippen LogP contribution in [0.1, 0.15) is 32.1 Å². The zero-order chi connectivity index (χ0) is 14.9. The second-order valence-electron chi connectivity index (χ2n) is 6.87. The summed E-state index contributed by atoms with van der Waals surface area (Å²) >= 11 is 1.59. The van der Waals surface area contributed by atoms with Gasteiger partial charge < -0.3 is 4.90 Å². The minimum atomic E-state index is -0.703. The van der Waals surface area contributed by atoms with Crippen molar-refractivity contribution in [1.29, 1.82) is 0 Å². The maximum Gasteiger partial charge on any atom is 0.260 e. The summed E-state index contributed by atoms with van der Waals surface area (Å²) < 4.78 is 0. The smallest absolute Gasteiger partial charge is 0.260 e. The topological polar surface area (TPSA) is 40.6 Å². The molecule has 1 aromatic rings. The third kappa shape index (κ3) is 1.50. The fraction of sp³-hybridized carbons (Fsp3) is 0.529. The molecule has 2 saturated heterocycles. The van der Waals surface area contributed by atoms with Crippen molar-refractivity contribution < 1.29 is 9.59 Å². The van der Waals surface area contributed by atoms with Gasteiger partial charge in [0.15, 0.2) is 4.87 Å². The van der Waals surface area contributed by atoms with Crippen molar-refractivity contribution in [2.45, 2.75) is 47.9 Å². The van der Waals surface area contributed by atoms with Crippen LogP contribution < -0.4 is 4.90 Å². The number of rotatable bonds is 1. The molecule has 5 heteroatoms. The van der Waals surface area contributed by atoms with Crippen LogP contribution in [-0.2, 0) is 9.59 Å². The standard InChI is InChI=1S/C17H18N2O2S/c20-15-7-8-17(16(21)18-10-11-5-6-12(18)9-11)19(15)13-3-1-2-4-14(13)22-17/h1-4,11-12H,5-10H2/t11-,12-,17+/m0/s1. The number of thioether (sulfide) groups is 1. The van der Waals surface area contributed by atoms with Crippen molar-refractivity contribution in [1.82, 2.24) is 4.90 Å². The van der Waals surface area contributed by atoms with Crippen LogP contribution in [-0.4, -0.2) is 34.2 Å². The van der Waals surface area contributed by atoms with E-state index in [9.17, 15) is 9.59 Å². The molecule has 5 rings (SSSR count). The molecular weight excluding hydrogens is 296 g/mol. The third-order valence-corrected chi connectivity index (χ3v) is 7.14. The lowest BCUT2D eigenvalue weighted by molar-refractivity contribution is -0.135. The van der Waals surface area contributed by atoms with Gasteiger partial charge in [0.05, 0.1) is 5.69 Å². The van der Waals surface area contributed by atoms with E-state index in [0.29, 0.717) is 24.8 Å². The SMILES string of the molecule is O=C1CC[C@]2(C(=O)N3C[C@H]4CC[C@H]3C4)Sc3ccccc3N12. The van der Waals surface area contributed by atoms with Crippen LogP contribution in [0, 0.1) is 5.92 Å². The third-order valence-electron chi connectivity index (χ3n) is 5.68. The molecule has 0 aromatic heterocycles. The normalized spacial score (nSPS) is 35.2. The Morgan fingerprint density at radius 1 is 1.27 bits per heavy atom. The largest absolute Gasteiger partial charge is 0.337 e. The monoisotopic (exact) mass is 314 g/mol. The van der Waals surface area contributed by atoms with E-state index in [2.05, 4.69) is 4.90 Å². The molecule has 1 aromatic carbocycles. The Bertz CT molecular complexity index is 691. The molecule has 3 fully saturated rings. The Balaban J connectivity index is 1.56. The summed E-state index contributed by atoms with van der Waals surface area (Å²) in [4.78, 5) is 30.0. The zero-order valence-electron chi connectivity index (χ0n) is 12.3. The number of nitrogens with zero attached hydrogens (tertiary/aromatic N) is 2. The van der Waals surface area contributed by atoms with Gasteiger partial charge in [-0.2, -0.15) is 0 Å². The molecule has 3 aliphatic heterocycles. The van der Waals surface area contributed by atoms with Crippen LogP contribution in [0.15, 0.2) is 29.2 Å². The molecule has 114 valence electrons. The van der Waals surface area contributed by atoms with Crippen molar-refractivity contribution in [3.63, 3.8) is 0 Å². The Hall–Kier alpha value is -1.49. The first-order chi connectivity index (χ1) is 10.7. The Morgan fingerprint density at radius 3 is 2.91 bits per heavy atom. The minimum Gasteiger partial charge on any atom is -0.337 e. The number of para-hydroxylation sites is 1. The maximum absolute atomic E-state index is 13.4. The van der Waals surface area contributed by atoms with Crippen molar-refractivity contribution in [3.05, 3.63) is 24.3 Å². The summed E-state index contributed by atoms with van der Waals surface area (Å²) in [6, 6.07) is 8.33. The van der Waals surface area contributed by atoms with E-state index in [1.165, 1.54) is 6.42 Å². The number of carbonyl (C=O) groups excluding carboxylic acids is 2. The summed E-state index contributed by atoms with van der Waals surface area (Å²) in [5.74, 6) is 0.951. The lowest BCUT2D eigenvalue weighted by Gasteiger charge is -2.37. The fourth-order valence-corrected chi connectivity index (χ4v) is 6.16. The lowest BCUT2D eigenvalue weighted by atomic mass is 10.1. The van der Waals surface area contributed by atoms with Gasteiger partial charge in [0.1, 0.15) is 0 Å². The number of fused-ring (bicyclic) bond motifs is 5. The van der Waals surface area contributed by atoms with Gasteiger partial charge in [0, 0.05) is 23.9 Å². The number of amides is 2. The predicted molar refractivity (Wildman–Crippen MR) is 84.6 cm³/mol. The lowest BCUT2D eigenvalue weighted by Crippen LogP contribution is -2.55. The van der Waals surface area contributed by atoms with Gasteiger partial charge in [-0.05, 0) is 43.7 Å². The molecular formula is C17H18N2O2S. The second kappa shape index (κ2) is 4.28. The first-order valence-electron chi connectivity index (χ1n) is 8.11. The molecule has 0 unspecified atom stereocenters. The highest BCUT2D eigenvalue weighted by molar-refractivity contribution is 8.02.